The van der Waals surface area contributed by atoms with Crippen LogP contribution >= 0.6 is 15.9 Å². The van der Waals surface area contributed by atoms with E-state index in [0.717, 1.165) is 16.6 Å². The van der Waals surface area contributed by atoms with Crippen molar-refractivity contribution in [3.05, 3.63) is 34.3 Å². The van der Waals surface area contributed by atoms with Crippen LogP contribution in [-0.2, 0) is 4.79 Å². The Kier molecular flexibility index (Phi) is 4.96. The quantitative estimate of drug-likeness (QED) is 0.904. The first-order chi connectivity index (χ1) is 7.50. The number of nitrogens with zero attached hydrogens (tertiary/aromatic N) is 1. The maximum Gasteiger partial charge on any atom is 0.311 e. The molecule has 0 aliphatic carbocycles. The molecule has 1 aromatic rings. The summed E-state index contributed by atoms with van der Waals surface area (Å²) in [5.41, 5.74) is 0.851. The Labute approximate surface area is 104 Å². The molecule has 0 saturated carbocycles. The first-order valence-electron chi connectivity index (χ1n) is 5.13. The Bertz CT molecular complexity index is 366. The predicted molar refractivity (Wildman–Crippen MR) is 67.7 cm³/mol. The van der Waals surface area contributed by atoms with Gasteiger partial charge in [0.2, 0.25) is 0 Å². The molecule has 0 heterocycles. The molecule has 16 heavy (non-hydrogen) atoms. The minimum atomic E-state index is -0.764. The fourth-order valence-corrected chi connectivity index (χ4v) is 1.96. The van der Waals surface area contributed by atoms with E-state index in [1.54, 1.807) is 0 Å². The highest BCUT2D eigenvalue weighted by Gasteiger charge is 2.19. The van der Waals surface area contributed by atoms with Crippen molar-refractivity contribution < 1.29 is 9.90 Å². The van der Waals surface area contributed by atoms with Gasteiger partial charge in [-0.15, -0.1) is 0 Å². The highest BCUT2D eigenvalue weighted by molar-refractivity contribution is 9.10. The molecular weight excluding hydrogens is 270 g/mol. The van der Waals surface area contributed by atoms with Crippen LogP contribution in [0.2, 0.25) is 0 Å². The molecule has 0 aliphatic heterocycles. The Morgan fingerprint density at radius 2 is 2.19 bits per heavy atom. The third-order valence-corrected chi connectivity index (χ3v) is 2.91. The number of aliphatic carboxylic acids is 1. The third kappa shape index (κ3) is 3.94. The smallest absolute Gasteiger partial charge is 0.311 e. The third-order valence-electron chi connectivity index (χ3n) is 2.41. The zero-order chi connectivity index (χ0) is 12.1. The topological polar surface area (TPSA) is 40.5 Å². The van der Waals surface area contributed by atoms with Crippen LogP contribution in [0.5, 0.6) is 0 Å². The average Bonchev–Trinajstić information content (AvgIpc) is 2.17. The summed E-state index contributed by atoms with van der Waals surface area (Å²) in [6.45, 7) is 0.767. The van der Waals surface area contributed by atoms with E-state index in [-0.39, 0.29) is 0 Å². The summed E-state index contributed by atoms with van der Waals surface area (Å²) < 4.78 is 0.918. The molecular formula is C12H16BrNO2. The minimum absolute atomic E-state index is 0.431. The summed E-state index contributed by atoms with van der Waals surface area (Å²) in [4.78, 5) is 13.2. The zero-order valence-corrected chi connectivity index (χ0v) is 11.1. The van der Waals surface area contributed by atoms with Gasteiger partial charge in [-0.1, -0.05) is 28.1 Å². The van der Waals surface area contributed by atoms with Crippen LogP contribution in [0.3, 0.4) is 0 Å². The van der Waals surface area contributed by atoms with Crippen molar-refractivity contribution in [3.8, 4) is 0 Å². The van der Waals surface area contributed by atoms with Crippen molar-refractivity contribution in [3.63, 3.8) is 0 Å². The Hall–Kier alpha value is -0.870. The molecule has 0 radical (unpaired) electrons. The lowest BCUT2D eigenvalue weighted by molar-refractivity contribution is -0.139. The number of carboxylic acid groups (broad SMARTS) is 1. The Morgan fingerprint density at radius 3 is 2.69 bits per heavy atom. The molecule has 3 nitrogen and oxygen atoms in total. The van der Waals surface area contributed by atoms with E-state index in [1.165, 1.54) is 0 Å². The maximum atomic E-state index is 11.2. The lowest BCUT2D eigenvalue weighted by Crippen LogP contribution is -2.20. The van der Waals surface area contributed by atoms with Gasteiger partial charge in [0.25, 0.3) is 0 Å². The van der Waals surface area contributed by atoms with Crippen LogP contribution in [0.15, 0.2) is 28.7 Å². The van der Waals surface area contributed by atoms with E-state index < -0.39 is 11.9 Å². The molecule has 0 aromatic heterocycles. The average molecular weight is 286 g/mol. The number of hydrogen-bond acceptors (Lipinski definition) is 2. The molecule has 0 bridgehead atoms. The van der Waals surface area contributed by atoms with Crippen molar-refractivity contribution in [1.29, 1.82) is 0 Å². The van der Waals surface area contributed by atoms with Gasteiger partial charge in [0.05, 0.1) is 5.92 Å². The number of halogens is 1. The van der Waals surface area contributed by atoms with Gasteiger partial charge >= 0.3 is 5.97 Å². The standard InChI is InChI=1S/C12H16BrNO2/c1-14(2)7-6-11(12(15)16)9-4-3-5-10(13)8-9/h3-5,8,11H,6-7H2,1-2H3,(H,15,16). The maximum absolute atomic E-state index is 11.2. The monoisotopic (exact) mass is 285 g/mol. The van der Waals surface area contributed by atoms with Crippen LogP contribution in [0.4, 0.5) is 0 Å². The minimum Gasteiger partial charge on any atom is -0.481 e. The second kappa shape index (κ2) is 6.01. The van der Waals surface area contributed by atoms with E-state index in [9.17, 15) is 9.90 Å². The van der Waals surface area contributed by atoms with E-state index in [4.69, 9.17) is 0 Å². The van der Waals surface area contributed by atoms with Crippen LogP contribution in [-0.4, -0.2) is 36.6 Å². The van der Waals surface area contributed by atoms with E-state index in [0.29, 0.717) is 6.42 Å². The first-order valence-corrected chi connectivity index (χ1v) is 5.93. The molecule has 0 amide bonds. The molecule has 88 valence electrons. The fourth-order valence-electron chi connectivity index (χ4n) is 1.54. The van der Waals surface area contributed by atoms with E-state index in [2.05, 4.69) is 15.9 Å². The summed E-state index contributed by atoms with van der Waals surface area (Å²) in [5.74, 6) is -1.19. The second-order valence-electron chi connectivity index (χ2n) is 4.04. The van der Waals surface area contributed by atoms with Crippen molar-refractivity contribution >= 4 is 21.9 Å². The second-order valence-corrected chi connectivity index (χ2v) is 4.95. The predicted octanol–water partition coefficient (Wildman–Crippen LogP) is 2.57. The van der Waals surface area contributed by atoms with Crippen LogP contribution in [0.25, 0.3) is 0 Å². The van der Waals surface area contributed by atoms with E-state index >= 15 is 0 Å². The van der Waals surface area contributed by atoms with Crippen LogP contribution < -0.4 is 0 Å². The van der Waals surface area contributed by atoms with Crippen molar-refractivity contribution in [2.75, 3.05) is 20.6 Å². The van der Waals surface area contributed by atoms with Gasteiger partial charge in [-0.2, -0.15) is 0 Å². The van der Waals surface area contributed by atoms with Crippen LogP contribution in [0.1, 0.15) is 17.9 Å². The Morgan fingerprint density at radius 1 is 1.50 bits per heavy atom. The number of benzene rings is 1. The summed E-state index contributed by atoms with van der Waals surface area (Å²) >= 11 is 3.36. The molecule has 1 atom stereocenters. The van der Waals surface area contributed by atoms with Gasteiger partial charge in [-0.3, -0.25) is 4.79 Å². The largest absolute Gasteiger partial charge is 0.481 e. The van der Waals surface area contributed by atoms with Gasteiger partial charge in [-0.05, 0) is 44.8 Å². The molecule has 1 rings (SSSR count). The lowest BCUT2D eigenvalue weighted by Gasteiger charge is -2.16. The van der Waals surface area contributed by atoms with Gasteiger partial charge < -0.3 is 10.0 Å². The molecule has 1 unspecified atom stereocenters. The summed E-state index contributed by atoms with van der Waals surface area (Å²) in [6.07, 6.45) is 0.624. The number of carbonyl (C=O) groups is 1. The number of hydrogen-bond donors (Lipinski definition) is 1. The van der Waals surface area contributed by atoms with Gasteiger partial charge in [0.1, 0.15) is 0 Å². The highest BCUT2D eigenvalue weighted by Crippen LogP contribution is 2.23. The number of rotatable bonds is 5. The van der Waals surface area contributed by atoms with Crippen molar-refractivity contribution in [1.82, 2.24) is 4.90 Å². The summed E-state index contributed by atoms with van der Waals surface area (Å²) in [7, 11) is 3.89. The molecule has 0 spiro atoms. The molecule has 0 fully saturated rings. The normalized spacial score (nSPS) is 12.8. The fraction of sp³-hybridized carbons (Fsp3) is 0.417. The zero-order valence-electron chi connectivity index (χ0n) is 9.48. The number of carboxylic acids is 1. The molecule has 1 aromatic carbocycles. The lowest BCUT2D eigenvalue weighted by atomic mass is 9.96. The molecule has 4 heteroatoms. The highest BCUT2D eigenvalue weighted by atomic mass is 79.9. The van der Waals surface area contributed by atoms with Gasteiger partial charge in [-0.25, -0.2) is 0 Å². The summed E-state index contributed by atoms with van der Waals surface area (Å²) in [5, 5.41) is 9.20. The van der Waals surface area contributed by atoms with Gasteiger partial charge in [0, 0.05) is 4.47 Å². The van der Waals surface area contributed by atoms with Crippen molar-refractivity contribution in [2.45, 2.75) is 12.3 Å². The Balaban J connectivity index is 2.81. The SMILES string of the molecule is CN(C)CCC(C(=O)O)c1cccc(Br)c1. The first kappa shape index (κ1) is 13.2. The molecule has 1 N–H and O–H groups in total. The molecule has 0 saturated heterocycles. The van der Waals surface area contributed by atoms with Gasteiger partial charge in [0.15, 0.2) is 0 Å². The van der Waals surface area contributed by atoms with Crippen molar-refractivity contribution in [2.24, 2.45) is 0 Å². The molecule has 0 aliphatic rings. The van der Waals surface area contributed by atoms with Crippen LogP contribution in [0, 0.1) is 0 Å². The van der Waals surface area contributed by atoms with E-state index in [1.807, 2.05) is 43.3 Å². The summed E-state index contributed by atoms with van der Waals surface area (Å²) in [6, 6.07) is 7.49.